The zero-order valence-electron chi connectivity index (χ0n) is 12.5. The maximum atomic E-state index is 4.70. The second-order valence-electron chi connectivity index (χ2n) is 5.37. The summed E-state index contributed by atoms with van der Waals surface area (Å²) in [5.41, 5.74) is 2.21. The minimum atomic E-state index is 0.323. The summed E-state index contributed by atoms with van der Waals surface area (Å²) in [4.78, 5) is 6.86. The quantitative estimate of drug-likeness (QED) is 0.759. The van der Waals surface area contributed by atoms with Crippen LogP contribution < -0.4 is 5.32 Å². The molecule has 1 atom stereocenters. The monoisotopic (exact) mass is 297 g/mol. The molecule has 3 nitrogen and oxygen atoms in total. The molecule has 0 amide bonds. The van der Waals surface area contributed by atoms with Gasteiger partial charge in [0.15, 0.2) is 5.13 Å². The molecule has 0 spiro atoms. The number of thiazole rings is 1. The van der Waals surface area contributed by atoms with Gasteiger partial charge in [0.25, 0.3) is 0 Å². The van der Waals surface area contributed by atoms with Crippen LogP contribution in [-0.2, 0) is 0 Å². The van der Waals surface area contributed by atoms with Crippen molar-refractivity contribution in [2.45, 2.75) is 13.0 Å². The Balaban J connectivity index is 1.89. The van der Waals surface area contributed by atoms with Gasteiger partial charge in [0, 0.05) is 22.5 Å². The number of nitrogens with zero attached hydrogens (tertiary/aromatic N) is 2. The van der Waals surface area contributed by atoms with E-state index in [1.165, 1.54) is 10.8 Å². The summed E-state index contributed by atoms with van der Waals surface area (Å²) in [6.45, 7) is 2.16. The number of nitrogens with one attached hydrogen (secondary N) is 1. The Bertz CT molecular complexity index is 743. The lowest BCUT2D eigenvalue weighted by Gasteiger charge is -2.17. The van der Waals surface area contributed by atoms with Crippen LogP contribution in [0.1, 0.15) is 18.7 Å². The molecule has 0 aliphatic rings. The molecule has 1 N–H and O–H groups in total. The van der Waals surface area contributed by atoms with Gasteiger partial charge < -0.3 is 10.2 Å². The van der Waals surface area contributed by atoms with Gasteiger partial charge in [-0.15, -0.1) is 11.3 Å². The highest BCUT2D eigenvalue weighted by Gasteiger charge is 2.12. The van der Waals surface area contributed by atoms with Crippen LogP contribution in [0.4, 0.5) is 10.8 Å². The van der Waals surface area contributed by atoms with Gasteiger partial charge in [-0.25, -0.2) is 4.98 Å². The summed E-state index contributed by atoms with van der Waals surface area (Å²) in [6, 6.07) is 15.0. The van der Waals surface area contributed by atoms with Crippen LogP contribution in [0.25, 0.3) is 10.8 Å². The highest BCUT2D eigenvalue weighted by Crippen LogP contribution is 2.29. The number of fused-ring (bicyclic) bond motifs is 1. The minimum absolute atomic E-state index is 0.323. The SMILES string of the molecule is CC(c1csc(Nc2cccc3ccccc23)n1)N(C)C. The zero-order chi connectivity index (χ0) is 14.8. The van der Waals surface area contributed by atoms with Crippen molar-refractivity contribution < 1.29 is 0 Å². The first-order chi connectivity index (χ1) is 10.1. The van der Waals surface area contributed by atoms with Crippen LogP contribution in [-0.4, -0.2) is 24.0 Å². The molecule has 1 unspecified atom stereocenters. The van der Waals surface area contributed by atoms with E-state index in [1.54, 1.807) is 11.3 Å². The Morgan fingerprint density at radius 2 is 1.86 bits per heavy atom. The van der Waals surface area contributed by atoms with Crippen LogP contribution in [0.3, 0.4) is 0 Å². The number of benzene rings is 2. The van der Waals surface area contributed by atoms with E-state index in [0.717, 1.165) is 16.5 Å². The minimum Gasteiger partial charge on any atom is -0.331 e. The molecule has 1 heterocycles. The molecule has 3 aromatic rings. The molecular weight excluding hydrogens is 278 g/mol. The number of hydrogen-bond donors (Lipinski definition) is 1. The molecule has 0 radical (unpaired) electrons. The first-order valence-electron chi connectivity index (χ1n) is 7.02. The van der Waals surface area contributed by atoms with Gasteiger partial charge in [-0.1, -0.05) is 36.4 Å². The van der Waals surface area contributed by atoms with Crippen molar-refractivity contribution in [2.24, 2.45) is 0 Å². The molecule has 0 aliphatic carbocycles. The van der Waals surface area contributed by atoms with E-state index in [0.29, 0.717) is 6.04 Å². The van der Waals surface area contributed by atoms with Crippen LogP contribution in [0.15, 0.2) is 47.8 Å². The average Bonchev–Trinajstić information content (AvgIpc) is 2.95. The van der Waals surface area contributed by atoms with Crippen molar-refractivity contribution in [2.75, 3.05) is 19.4 Å². The largest absolute Gasteiger partial charge is 0.331 e. The van der Waals surface area contributed by atoms with E-state index >= 15 is 0 Å². The fraction of sp³-hybridized carbons (Fsp3) is 0.235. The standard InChI is InChI=1S/C17H19N3S/c1-12(20(2)3)16-11-21-17(19-16)18-15-10-6-8-13-7-4-5-9-14(13)15/h4-12H,1-3H3,(H,18,19). The Morgan fingerprint density at radius 3 is 2.67 bits per heavy atom. The fourth-order valence-electron chi connectivity index (χ4n) is 2.25. The van der Waals surface area contributed by atoms with Gasteiger partial charge in [0.05, 0.1) is 5.69 Å². The Morgan fingerprint density at radius 1 is 1.10 bits per heavy atom. The van der Waals surface area contributed by atoms with Gasteiger partial charge >= 0.3 is 0 Å². The lowest BCUT2D eigenvalue weighted by Crippen LogP contribution is -2.16. The lowest BCUT2D eigenvalue weighted by molar-refractivity contribution is 0.316. The van der Waals surface area contributed by atoms with Gasteiger partial charge in [-0.3, -0.25) is 0 Å². The van der Waals surface area contributed by atoms with E-state index in [9.17, 15) is 0 Å². The second-order valence-corrected chi connectivity index (χ2v) is 6.23. The Kier molecular flexibility index (Phi) is 3.90. The lowest BCUT2D eigenvalue weighted by atomic mass is 10.1. The van der Waals surface area contributed by atoms with E-state index in [-0.39, 0.29) is 0 Å². The molecular formula is C17H19N3S. The van der Waals surface area contributed by atoms with Gasteiger partial charge in [-0.2, -0.15) is 0 Å². The van der Waals surface area contributed by atoms with E-state index in [4.69, 9.17) is 4.98 Å². The molecule has 1 aromatic heterocycles. The van der Waals surface area contributed by atoms with E-state index in [1.807, 2.05) is 0 Å². The first kappa shape index (κ1) is 14.0. The molecule has 108 valence electrons. The zero-order valence-corrected chi connectivity index (χ0v) is 13.3. The van der Waals surface area contributed by atoms with Crippen molar-refractivity contribution in [3.63, 3.8) is 0 Å². The summed E-state index contributed by atoms with van der Waals surface area (Å²) in [5, 5.41) is 8.97. The van der Waals surface area contributed by atoms with E-state index < -0.39 is 0 Å². The van der Waals surface area contributed by atoms with Crippen LogP contribution >= 0.6 is 11.3 Å². The number of anilines is 2. The molecule has 4 heteroatoms. The van der Waals surface area contributed by atoms with Crippen molar-refractivity contribution in [1.82, 2.24) is 9.88 Å². The summed E-state index contributed by atoms with van der Waals surface area (Å²) in [7, 11) is 4.14. The van der Waals surface area contributed by atoms with Crippen molar-refractivity contribution >= 4 is 32.9 Å². The smallest absolute Gasteiger partial charge is 0.187 e. The number of aromatic nitrogens is 1. The highest BCUT2D eigenvalue weighted by molar-refractivity contribution is 7.13. The predicted octanol–water partition coefficient (Wildman–Crippen LogP) is 4.66. The fourth-order valence-corrected chi connectivity index (χ4v) is 3.06. The number of hydrogen-bond acceptors (Lipinski definition) is 4. The topological polar surface area (TPSA) is 28.2 Å². The Hall–Kier alpha value is -1.91. The second kappa shape index (κ2) is 5.84. The summed E-state index contributed by atoms with van der Waals surface area (Å²) >= 11 is 1.65. The summed E-state index contributed by atoms with van der Waals surface area (Å²) in [5.74, 6) is 0. The molecule has 2 aromatic carbocycles. The predicted molar refractivity (Wildman–Crippen MR) is 91.4 cm³/mol. The molecule has 3 rings (SSSR count). The van der Waals surface area contributed by atoms with Crippen molar-refractivity contribution in [3.8, 4) is 0 Å². The first-order valence-corrected chi connectivity index (χ1v) is 7.90. The molecule has 0 aliphatic heterocycles. The average molecular weight is 297 g/mol. The third-order valence-corrected chi connectivity index (χ3v) is 4.53. The third-order valence-electron chi connectivity index (χ3n) is 3.76. The molecule has 21 heavy (non-hydrogen) atoms. The maximum absolute atomic E-state index is 4.70. The molecule has 0 fully saturated rings. The van der Waals surface area contributed by atoms with Crippen LogP contribution in [0.2, 0.25) is 0 Å². The number of rotatable bonds is 4. The van der Waals surface area contributed by atoms with Gasteiger partial charge in [0.2, 0.25) is 0 Å². The maximum Gasteiger partial charge on any atom is 0.187 e. The van der Waals surface area contributed by atoms with Gasteiger partial charge in [0.1, 0.15) is 0 Å². The molecule has 0 saturated carbocycles. The molecule has 0 bridgehead atoms. The highest BCUT2D eigenvalue weighted by atomic mass is 32.1. The van der Waals surface area contributed by atoms with Gasteiger partial charge in [-0.05, 0) is 32.5 Å². The van der Waals surface area contributed by atoms with E-state index in [2.05, 4.69) is 79.1 Å². The normalized spacial score (nSPS) is 12.8. The van der Waals surface area contributed by atoms with Crippen LogP contribution in [0, 0.1) is 0 Å². The third kappa shape index (κ3) is 2.91. The van der Waals surface area contributed by atoms with Crippen LogP contribution in [0.5, 0.6) is 0 Å². The van der Waals surface area contributed by atoms with Crippen molar-refractivity contribution in [1.29, 1.82) is 0 Å². The van der Waals surface area contributed by atoms with Crippen molar-refractivity contribution in [3.05, 3.63) is 53.5 Å². The summed E-state index contributed by atoms with van der Waals surface area (Å²) < 4.78 is 0. The Labute approximate surface area is 129 Å². The summed E-state index contributed by atoms with van der Waals surface area (Å²) in [6.07, 6.45) is 0. The molecule has 0 saturated heterocycles.